The number of benzene rings is 2. The molecule has 2 heterocycles. The number of fused-ring (bicyclic) bond motifs is 1. The summed E-state index contributed by atoms with van der Waals surface area (Å²) in [5, 5.41) is 0. The molecule has 0 bridgehead atoms. The molecular weight excluding hydrogens is 372 g/mol. The molecule has 6 heteroatoms. The Morgan fingerprint density at radius 3 is 2.14 bits per heavy atom. The maximum absolute atomic E-state index is 12.8. The Hall–Kier alpha value is -2.09. The number of carbonyl (C=O) groups is 1. The van der Waals surface area contributed by atoms with Gasteiger partial charge >= 0.3 is 0 Å². The van der Waals surface area contributed by atoms with Crippen molar-refractivity contribution >= 4 is 5.78 Å². The zero-order valence-electron chi connectivity index (χ0n) is 16.7. The number of ketones is 1. The lowest BCUT2D eigenvalue weighted by molar-refractivity contribution is -0.235. The summed E-state index contributed by atoms with van der Waals surface area (Å²) in [6.07, 6.45) is -2.43. The minimum atomic E-state index is -0.795. The molecule has 2 fully saturated rings. The van der Waals surface area contributed by atoms with Crippen LogP contribution in [0, 0.1) is 0 Å². The molecule has 0 aliphatic carbocycles. The average molecular weight is 398 g/mol. The van der Waals surface area contributed by atoms with E-state index in [4.69, 9.17) is 23.7 Å². The van der Waals surface area contributed by atoms with Crippen molar-refractivity contribution in [1.29, 1.82) is 0 Å². The Morgan fingerprint density at radius 2 is 1.48 bits per heavy atom. The van der Waals surface area contributed by atoms with Gasteiger partial charge in [-0.25, -0.2) is 0 Å². The third kappa shape index (κ3) is 4.91. The Morgan fingerprint density at radius 1 is 0.897 bits per heavy atom. The highest BCUT2D eigenvalue weighted by Gasteiger charge is 2.57. The summed E-state index contributed by atoms with van der Waals surface area (Å²) in [5.74, 6) is -0.972. The molecule has 2 aliphatic rings. The lowest BCUT2D eigenvalue weighted by atomic mass is 10.1. The first-order valence-corrected chi connectivity index (χ1v) is 9.83. The van der Waals surface area contributed by atoms with Crippen molar-refractivity contribution < 1.29 is 28.5 Å². The monoisotopic (exact) mass is 398 g/mol. The van der Waals surface area contributed by atoms with Crippen molar-refractivity contribution in [1.82, 2.24) is 0 Å². The van der Waals surface area contributed by atoms with Crippen LogP contribution < -0.4 is 0 Å². The summed E-state index contributed by atoms with van der Waals surface area (Å²) in [6.45, 7) is 4.33. The van der Waals surface area contributed by atoms with Gasteiger partial charge in [-0.2, -0.15) is 0 Å². The number of ether oxygens (including phenoxy) is 5. The average Bonchev–Trinajstić information content (AvgIpc) is 3.21. The van der Waals surface area contributed by atoms with Crippen LogP contribution in [-0.2, 0) is 41.7 Å². The fraction of sp³-hybridized carbons (Fsp3) is 0.435. The van der Waals surface area contributed by atoms with Crippen molar-refractivity contribution in [3.63, 3.8) is 0 Å². The first-order chi connectivity index (χ1) is 14.0. The summed E-state index contributed by atoms with van der Waals surface area (Å²) < 4.78 is 29.3. The highest BCUT2D eigenvalue weighted by atomic mass is 16.8. The van der Waals surface area contributed by atoms with E-state index in [2.05, 4.69) is 0 Å². The quantitative estimate of drug-likeness (QED) is 0.680. The van der Waals surface area contributed by atoms with Crippen LogP contribution in [-0.4, -0.2) is 42.8 Å². The second-order valence-electron chi connectivity index (χ2n) is 7.73. The molecule has 4 atom stereocenters. The summed E-state index contributed by atoms with van der Waals surface area (Å²) in [6, 6.07) is 19.5. The van der Waals surface area contributed by atoms with E-state index in [9.17, 15) is 4.79 Å². The third-order valence-electron chi connectivity index (χ3n) is 4.94. The topological polar surface area (TPSA) is 63.2 Å². The van der Waals surface area contributed by atoms with E-state index < -0.39 is 30.4 Å². The minimum absolute atomic E-state index is 0.0576. The van der Waals surface area contributed by atoms with Gasteiger partial charge < -0.3 is 23.7 Å². The van der Waals surface area contributed by atoms with E-state index in [0.29, 0.717) is 13.2 Å². The summed E-state index contributed by atoms with van der Waals surface area (Å²) >= 11 is 0. The van der Waals surface area contributed by atoms with E-state index in [1.807, 2.05) is 74.5 Å². The second-order valence-corrected chi connectivity index (χ2v) is 7.73. The SMILES string of the molecule is CC1(C)O[C@@H]2[C@@H](OCc3ccccc3)O[C@H](C(=O)COCc3ccccc3)[C@@H]2O1. The molecule has 0 N–H and O–H groups in total. The van der Waals surface area contributed by atoms with Gasteiger partial charge in [-0.05, 0) is 25.0 Å². The fourth-order valence-corrected chi connectivity index (χ4v) is 3.63. The van der Waals surface area contributed by atoms with Crippen LogP contribution in [0.5, 0.6) is 0 Å². The van der Waals surface area contributed by atoms with E-state index >= 15 is 0 Å². The molecule has 29 heavy (non-hydrogen) atoms. The summed E-state index contributed by atoms with van der Waals surface area (Å²) in [7, 11) is 0. The number of hydrogen-bond donors (Lipinski definition) is 0. The molecule has 6 nitrogen and oxygen atoms in total. The van der Waals surface area contributed by atoms with Crippen LogP contribution in [0.2, 0.25) is 0 Å². The normalized spacial score (nSPS) is 27.7. The van der Waals surface area contributed by atoms with Crippen LogP contribution in [0.1, 0.15) is 25.0 Å². The predicted octanol–water partition coefficient (Wildman–Crippen LogP) is 3.23. The van der Waals surface area contributed by atoms with Gasteiger partial charge in [-0.15, -0.1) is 0 Å². The lowest BCUT2D eigenvalue weighted by Gasteiger charge is -2.23. The molecule has 2 aromatic carbocycles. The standard InChI is InChI=1S/C23H26O6/c1-23(2)28-20-19(18(24)15-25-13-16-9-5-3-6-10-16)27-22(21(20)29-23)26-14-17-11-7-4-8-12-17/h3-12,19-22H,13-15H2,1-2H3/t19-,20+,21+,22+/m1/s1. The molecular formula is C23H26O6. The van der Waals surface area contributed by atoms with Gasteiger partial charge in [-0.3, -0.25) is 4.79 Å². The summed E-state index contributed by atoms with van der Waals surface area (Å²) in [4.78, 5) is 12.8. The van der Waals surface area contributed by atoms with Gasteiger partial charge in [0.1, 0.15) is 18.8 Å². The maximum Gasteiger partial charge on any atom is 0.190 e. The number of rotatable bonds is 8. The fourth-order valence-electron chi connectivity index (χ4n) is 3.63. The van der Waals surface area contributed by atoms with Gasteiger partial charge in [0.25, 0.3) is 0 Å². The Kier molecular flexibility index (Phi) is 6.08. The van der Waals surface area contributed by atoms with E-state index in [-0.39, 0.29) is 12.4 Å². The molecule has 0 radical (unpaired) electrons. The van der Waals surface area contributed by atoms with Gasteiger partial charge in [-0.1, -0.05) is 60.7 Å². The largest absolute Gasteiger partial charge is 0.369 e. The van der Waals surface area contributed by atoms with E-state index in [1.54, 1.807) is 0 Å². The minimum Gasteiger partial charge on any atom is -0.369 e. The molecule has 4 rings (SSSR count). The highest BCUT2D eigenvalue weighted by molar-refractivity contribution is 5.85. The first kappa shape index (κ1) is 20.2. The van der Waals surface area contributed by atoms with Crippen LogP contribution >= 0.6 is 0 Å². The Bertz CT molecular complexity index is 807. The number of carbonyl (C=O) groups excluding carboxylic acids is 1. The molecule has 154 valence electrons. The van der Waals surface area contributed by atoms with Gasteiger partial charge in [0, 0.05) is 0 Å². The molecule has 0 amide bonds. The van der Waals surface area contributed by atoms with Crippen LogP contribution in [0.4, 0.5) is 0 Å². The van der Waals surface area contributed by atoms with Crippen molar-refractivity contribution in [3.05, 3.63) is 71.8 Å². The number of hydrogen-bond acceptors (Lipinski definition) is 6. The highest BCUT2D eigenvalue weighted by Crippen LogP contribution is 2.39. The second kappa shape index (κ2) is 8.73. The van der Waals surface area contributed by atoms with E-state index in [0.717, 1.165) is 11.1 Å². The van der Waals surface area contributed by atoms with Crippen molar-refractivity contribution in [2.45, 2.75) is 57.5 Å². The van der Waals surface area contributed by atoms with Crippen LogP contribution in [0.3, 0.4) is 0 Å². The first-order valence-electron chi connectivity index (χ1n) is 9.83. The molecule has 2 saturated heterocycles. The lowest BCUT2D eigenvalue weighted by Crippen LogP contribution is -2.37. The zero-order chi connectivity index (χ0) is 20.3. The summed E-state index contributed by atoms with van der Waals surface area (Å²) in [5.41, 5.74) is 2.03. The van der Waals surface area contributed by atoms with Crippen molar-refractivity contribution in [2.24, 2.45) is 0 Å². The van der Waals surface area contributed by atoms with Gasteiger partial charge in [0.2, 0.25) is 0 Å². The number of Topliss-reactive ketones (excluding diaryl/α,β-unsaturated/α-hetero) is 1. The van der Waals surface area contributed by atoms with Gasteiger partial charge in [0.15, 0.2) is 24.0 Å². The van der Waals surface area contributed by atoms with Crippen molar-refractivity contribution in [2.75, 3.05) is 6.61 Å². The molecule has 2 aromatic rings. The van der Waals surface area contributed by atoms with Crippen LogP contribution in [0.15, 0.2) is 60.7 Å². The maximum atomic E-state index is 12.8. The van der Waals surface area contributed by atoms with Crippen LogP contribution in [0.25, 0.3) is 0 Å². The Labute approximate surface area is 170 Å². The van der Waals surface area contributed by atoms with Crippen molar-refractivity contribution in [3.8, 4) is 0 Å². The van der Waals surface area contributed by atoms with E-state index in [1.165, 1.54) is 0 Å². The molecule has 0 unspecified atom stereocenters. The predicted molar refractivity (Wildman–Crippen MR) is 105 cm³/mol. The molecule has 2 aliphatic heterocycles. The third-order valence-corrected chi connectivity index (χ3v) is 4.94. The smallest absolute Gasteiger partial charge is 0.190 e. The molecule has 0 aromatic heterocycles. The Balaban J connectivity index is 1.36. The molecule has 0 saturated carbocycles. The zero-order valence-corrected chi connectivity index (χ0v) is 16.7. The van der Waals surface area contributed by atoms with Gasteiger partial charge in [0.05, 0.1) is 13.2 Å². The molecule has 0 spiro atoms.